The van der Waals surface area contributed by atoms with Gasteiger partial charge in [-0.25, -0.2) is 0 Å². The van der Waals surface area contributed by atoms with E-state index in [-0.39, 0.29) is 0 Å². The summed E-state index contributed by atoms with van der Waals surface area (Å²) in [5.41, 5.74) is 2.95. The summed E-state index contributed by atoms with van der Waals surface area (Å²) in [7, 11) is 0. The van der Waals surface area contributed by atoms with E-state index in [0.29, 0.717) is 12.3 Å². The number of aromatic hydroxyl groups is 1. The van der Waals surface area contributed by atoms with E-state index in [4.69, 9.17) is 0 Å². The predicted molar refractivity (Wildman–Crippen MR) is 59.4 cm³/mol. The largest absolute Gasteiger partial charge is 0.507 e. The molecule has 0 amide bonds. The normalized spacial score (nSPS) is 10.1. The van der Waals surface area contributed by atoms with E-state index in [9.17, 15) is 5.11 Å². The lowest BCUT2D eigenvalue weighted by Gasteiger charge is -2.08. The Balaban J connectivity index is 2.59. The Morgan fingerprint density at radius 2 is 2.21 bits per heavy atom. The van der Waals surface area contributed by atoms with Crippen molar-refractivity contribution in [1.29, 1.82) is 0 Å². The molecule has 2 N–H and O–H groups in total. The van der Waals surface area contributed by atoms with Crippen LogP contribution in [0.15, 0.2) is 30.4 Å². The topological polar surface area (TPSA) is 32.3 Å². The van der Waals surface area contributed by atoms with Gasteiger partial charge in [0.05, 0.1) is 0 Å². The van der Waals surface area contributed by atoms with Crippen molar-refractivity contribution < 1.29 is 5.11 Å². The molecule has 1 rings (SSSR count). The van der Waals surface area contributed by atoms with Crippen molar-refractivity contribution in [2.75, 3.05) is 6.54 Å². The summed E-state index contributed by atoms with van der Waals surface area (Å²) in [6.45, 7) is 9.14. The predicted octanol–water partition coefficient (Wildman–Crippen LogP) is 2.37. The van der Waals surface area contributed by atoms with Crippen molar-refractivity contribution in [3.63, 3.8) is 0 Å². The number of para-hydroxylation sites is 1. The monoisotopic (exact) mass is 191 g/mol. The van der Waals surface area contributed by atoms with Gasteiger partial charge < -0.3 is 10.4 Å². The minimum absolute atomic E-state index is 0.390. The number of hydrogen-bond donors (Lipinski definition) is 2. The Hall–Kier alpha value is -1.28. The summed E-state index contributed by atoms with van der Waals surface area (Å²) >= 11 is 0. The summed E-state index contributed by atoms with van der Waals surface area (Å²) in [6.07, 6.45) is 0. The van der Waals surface area contributed by atoms with Crippen LogP contribution in [0.3, 0.4) is 0 Å². The second-order valence-corrected chi connectivity index (χ2v) is 3.64. The second-order valence-electron chi connectivity index (χ2n) is 3.64. The molecule has 2 heteroatoms. The molecule has 0 unspecified atom stereocenters. The molecule has 0 aromatic heterocycles. The summed E-state index contributed by atoms with van der Waals surface area (Å²) in [6, 6.07) is 5.78. The smallest absolute Gasteiger partial charge is 0.122 e. The molecule has 14 heavy (non-hydrogen) atoms. The van der Waals surface area contributed by atoms with E-state index in [1.807, 2.05) is 32.0 Å². The first-order valence-electron chi connectivity index (χ1n) is 4.74. The zero-order valence-electron chi connectivity index (χ0n) is 8.80. The molecule has 0 atom stereocenters. The maximum atomic E-state index is 9.70. The van der Waals surface area contributed by atoms with Crippen LogP contribution in [0.1, 0.15) is 18.1 Å². The van der Waals surface area contributed by atoms with Gasteiger partial charge in [-0.15, -0.1) is 0 Å². The van der Waals surface area contributed by atoms with Crippen molar-refractivity contribution >= 4 is 0 Å². The van der Waals surface area contributed by atoms with E-state index in [1.54, 1.807) is 0 Å². The number of rotatable bonds is 4. The minimum atomic E-state index is 0.390. The first kappa shape index (κ1) is 10.8. The van der Waals surface area contributed by atoms with Crippen LogP contribution in [0.2, 0.25) is 0 Å². The van der Waals surface area contributed by atoms with Crippen molar-refractivity contribution in [1.82, 2.24) is 5.32 Å². The van der Waals surface area contributed by atoms with Gasteiger partial charge in [-0.3, -0.25) is 0 Å². The van der Waals surface area contributed by atoms with Crippen LogP contribution in [-0.4, -0.2) is 11.7 Å². The number of hydrogen-bond acceptors (Lipinski definition) is 2. The Morgan fingerprint density at radius 3 is 2.86 bits per heavy atom. The van der Waals surface area contributed by atoms with Crippen LogP contribution in [0.5, 0.6) is 5.75 Å². The van der Waals surface area contributed by atoms with E-state index in [1.165, 1.54) is 0 Å². The van der Waals surface area contributed by atoms with Crippen molar-refractivity contribution in [2.45, 2.75) is 20.4 Å². The highest BCUT2D eigenvalue weighted by atomic mass is 16.3. The van der Waals surface area contributed by atoms with Crippen LogP contribution in [0, 0.1) is 6.92 Å². The highest BCUT2D eigenvalue weighted by molar-refractivity contribution is 5.39. The molecule has 0 spiro atoms. The highest BCUT2D eigenvalue weighted by Gasteiger charge is 2.02. The summed E-state index contributed by atoms with van der Waals surface area (Å²) in [5, 5.41) is 12.9. The van der Waals surface area contributed by atoms with Gasteiger partial charge in [-0.05, 0) is 19.4 Å². The maximum absolute atomic E-state index is 9.70. The van der Waals surface area contributed by atoms with Gasteiger partial charge in [0.2, 0.25) is 0 Å². The Labute approximate surface area is 85.3 Å². The number of nitrogens with one attached hydrogen (secondary N) is 1. The number of benzene rings is 1. The van der Waals surface area contributed by atoms with Crippen LogP contribution in [-0.2, 0) is 6.54 Å². The lowest BCUT2D eigenvalue weighted by atomic mass is 10.1. The lowest BCUT2D eigenvalue weighted by molar-refractivity contribution is 0.461. The van der Waals surface area contributed by atoms with E-state index in [0.717, 1.165) is 23.2 Å². The van der Waals surface area contributed by atoms with Crippen LogP contribution in [0.4, 0.5) is 0 Å². The Morgan fingerprint density at radius 1 is 1.50 bits per heavy atom. The Kier molecular flexibility index (Phi) is 3.72. The SMILES string of the molecule is C=C(C)CNCc1cccc(C)c1O. The minimum Gasteiger partial charge on any atom is -0.507 e. The lowest BCUT2D eigenvalue weighted by Crippen LogP contribution is -2.15. The van der Waals surface area contributed by atoms with Crippen molar-refractivity contribution in [3.05, 3.63) is 41.5 Å². The summed E-state index contributed by atoms with van der Waals surface area (Å²) < 4.78 is 0. The van der Waals surface area contributed by atoms with Crippen LogP contribution in [0.25, 0.3) is 0 Å². The van der Waals surface area contributed by atoms with Gasteiger partial charge in [0.25, 0.3) is 0 Å². The quantitative estimate of drug-likeness (QED) is 0.716. The second kappa shape index (κ2) is 4.82. The fourth-order valence-corrected chi connectivity index (χ4v) is 1.27. The van der Waals surface area contributed by atoms with Crippen molar-refractivity contribution in [3.8, 4) is 5.75 Å². The highest BCUT2D eigenvalue weighted by Crippen LogP contribution is 2.20. The fraction of sp³-hybridized carbons (Fsp3) is 0.333. The molecule has 1 aromatic rings. The number of phenols is 1. The molecule has 0 saturated carbocycles. The maximum Gasteiger partial charge on any atom is 0.122 e. The summed E-state index contributed by atoms with van der Waals surface area (Å²) in [4.78, 5) is 0. The molecular weight excluding hydrogens is 174 g/mol. The van der Waals surface area contributed by atoms with Gasteiger partial charge in [-0.1, -0.05) is 30.4 Å². The first-order chi connectivity index (χ1) is 6.61. The zero-order chi connectivity index (χ0) is 10.6. The molecule has 2 nitrogen and oxygen atoms in total. The molecule has 0 heterocycles. The number of phenolic OH excluding ortho intramolecular Hbond substituents is 1. The third-order valence-electron chi connectivity index (χ3n) is 2.06. The third kappa shape index (κ3) is 2.89. The molecule has 0 saturated heterocycles. The fourth-order valence-electron chi connectivity index (χ4n) is 1.27. The first-order valence-corrected chi connectivity index (χ1v) is 4.74. The van der Waals surface area contributed by atoms with E-state index < -0.39 is 0 Å². The average Bonchev–Trinajstić information content (AvgIpc) is 2.12. The number of aryl methyl sites for hydroxylation is 1. The molecule has 0 radical (unpaired) electrons. The molecule has 1 aromatic carbocycles. The van der Waals surface area contributed by atoms with Gasteiger partial charge in [0.1, 0.15) is 5.75 Å². The molecule has 0 fully saturated rings. The molecule has 0 bridgehead atoms. The van der Waals surface area contributed by atoms with Gasteiger partial charge >= 0.3 is 0 Å². The molecule has 0 aliphatic heterocycles. The molecule has 0 aliphatic carbocycles. The average molecular weight is 191 g/mol. The van der Waals surface area contributed by atoms with E-state index in [2.05, 4.69) is 11.9 Å². The standard InChI is InChI=1S/C12H17NO/c1-9(2)7-13-8-11-6-4-5-10(3)12(11)14/h4-6,13-14H,1,7-8H2,2-3H3. The van der Waals surface area contributed by atoms with Gasteiger partial charge in [0, 0.05) is 18.7 Å². The zero-order valence-corrected chi connectivity index (χ0v) is 8.80. The summed E-state index contributed by atoms with van der Waals surface area (Å²) in [5.74, 6) is 0.390. The van der Waals surface area contributed by atoms with Gasteiger partial charge in [0.15, 0.2) is 0 Å². The van der Waals surface area contributed by atoms with Crippen LogP contribution < -0.4 is 5.32 Å². The van der Waals surface area contributed by atoms with Crippen molar-refractivity contribution in [2.24, 2.45) is 0 Å². The Bertz CT molecular complexity index is 331. The van der Waals surface area contributed by atoms with E-state index >= 15 is 0 Å². The third-order valence-corrected chi connectivity index (χ3v) is 2.06. The molecule has 0 aliphatic rings. The molecular formula is C12H17NO. The van der Waals surface area contributed by atoms with Crippen LogP contribution >= 0.6 is 0 Å². The molecule has 76 valence electrons. The van der Waals surface area contributed by atoms with Gasteiger partial charge in [-0.2, -0.15) is 0 Å².